The van der Waals surface area contributed by atoms with Crippen molar-refractivity contribution in [2.45, 2.75) is 32.2 Å². The monoisotopic (exact) mass is 518 g/mol. The summed E-state index contributed by atoms with van der Waals surface area (Å²) in [6.45, 7) is 0.596. The summed E-state index contributed by atoms with van der Waals surface area (Å²) < 4.78 is 13.4. The zero-order valence-corrected chi connectivity index (χ0v) is 21.7. The molecule has 1 aliphatic rings. The molecule has 5 rings (SSSR count). The van der Waals surface area contributed by atoms with Crippen molar-refractivity contribution in [3.8, 4) is 0 Å². The first-order chi connectivity index (χ1) is 18.9. The quantitative estimate of drug-likeness (QED) is 0.0942. The van der Waals surface area contributed by atoms with E-state index in [9.17, 15) is 14.0 Å². The molecule has 0 aliphatic heterocycles. The molecule has 1 saturated carbocycles. The number of Topliss-reactive ketones (excluding diaryl/α,β-unsaturated/α-hetero) is 2. The molecular weight excluding hydrogens is 487 g/mol. The zero-order valence-electron chi connectivity index (χ0n) is 21.7. The van der Waals surface area contributed by atoms with Crippen LogP contribution in [0.5, 0.6) is 0 Å². The summed E-state index contributed by atoms with van der Waals surface area (Å²) in [5, 5.41) is 3.40. The van der Waals surface area contributed by atoms with Crippen LogP contribution < -0.4 is 11.1 Å². The number of halogens is 1. The summed E-state index contributed by atoms with van der Waals surface area (Å²) in [4.78, 5) is 25.7. The van der Waals surface area contributed by atoms with E-state index < -0.39 is 0 Å². The molecule has 0 aromatic heterocycles. The second-order valence-corrected chi connectivity index (χ2v) is 10.1. The van der Waals surface area contributed by atoms with Gasteiger partial charge in [-0.1, -0.05) is 66.7 Å². The van der Waals surface area contributed by atoms with Gasteiger partial charge in [-0.3, -0.25) is 9.59 Å². The van der Waals surface area contributed by atoms with Crippen molar-refractivity contribution >= 4 is 34.6 Å². The zero-order chi connectivity index (χ0) is 27.2. The van der Waals surface area contributed by atoms with Crippen molar-refractivity contribution in [2.75, 3.05) is 11.1 Å². The molecule has 1 fully saturated rings. The van der Waals surface area contributed by atoms with E-state index in [2.05, 4.69) is 5.32 Å². The number of ketones is 2. The molecule has 0 saturated heterocycles. The van der Waals surface area contributed by atoms with E-state index in [-0.39, 0.29) is 23.8 Å². The maximum atomic E-state index is 13.4. The van der Waals surface area contributed by atoms with E-state index in [0.717, 1.165) is 40.8 Å². The van der Waals surface area contributed by atoms with Crippen molar-refractivity contribution in [3.05, 3.63) is 131 Å². The molecule has 3 N–H and O–H groups in total. The van der Waals surface area contributed by atoms with Gasteiger partial charge in [0.25, 0.3) is 0 Å². The van der Waals surface area contributed by atoms with Crippen LogP contribution in [0.4, 0.5) is 15.8 Å². The van der Waals surface area contributed by atoms with E-state index in [1.54, 1.807) is 18.2 Å². The van der Waals surface area contributed by atoms with Gasteiger partial charge in [0, 0.05) is 41.9 Å². The minimum atomic E-state index is -0.299. The number of anilines is 2. The van der Waals surface area contributed by atoms with Gasteiger partial charge in [-0.15, -0.1) is 0 Å². The highest BCUT2D eigenvalue weighted by molar-refractivity contribution is 6.25. The molecule has 4 nitrogen and oxygen atoms in total. The average molecular weight is 519 g/mol. The summed E-state index contributed by atoms with van der Waals surface area (Å²) in [6, 6.07) is 29.0. The van der Waals surface area contributed by atoms with Crippen LogP contribution in [0.2, 0.25) is 0 Å². The lowest BCUT2D eigenvalue weighted by Gasteiger charge is -2.11. The maximum absolute atomic E-state index is 13.4. The number of nitrogens with one attached hydrogen (secondary N) is 1. The molecule has 0 bridgehead atoms. The molecule has 39 heavy (non-hydrogen) atoms. The fourth-order valence-electron chi connectivity index (χ4n) is 4.50. The molecule has 0 amide bonds. The van der Waals surface area contributed by atoms with Crippen LogP contribution in [-0.4, -0.2) is 11.6 Å². The minimum absolute atomic E-state index is 0.0312. The highest BCUT2D eigenvalue weighted by atomic mass is 19.1. The number of hydrogen-bond donors (Lipinski definition) is 2. The number of nitrogen functional groups attached to an aromatic ring is 1. The number of nitrogens with two attached hydrogens (primary N) is 1. The number of para-hydroxylation sites is 1. The smallest absolute Gasteiger partial charge is 0.167 e. The van der Waals surface area contributed by atoms with Crippen LogP contribution in [-0.2, 0) is 17.8 Å². The van der Waals surface area contributed by atoms with Crippen molar-refractivity contribution in [2.24, 2.45) is 5.92 Å². The molecule has 5 heteroatoms. The summed E-state index contributed by atoms with van der Waals surface area (Å²) in [5.41, 5.74) is 12.4. The second kappa shape index (κ2) is 11.9. The average Bonchev–Trinajstić information content (AvgIpc) is 3.77. The molecule has 0 heterocycles. The number of rotatable bonds is 11. The Balaban J connectivity index is 1.22. The van der Waals surface area contributed by atoms with Crippen LogP contribution in [0.3, 0.4) is 0 Å². The molecule has 1 aliphatic carbocycles. The summed E-state index contributed by atoms with van der Waals surface area (Å²) in [5.74, 6) is 0.330. The predicted octanol–water partition coefficient (Wildman–Crippen LogP) is 7.36. The van der Waals surface area contributed by atoms with Crippen LogP contribution in [0.1, 0.15) is 51.9 Å². The Hall–Kier alpha value is -4.51. The Morgan fingerprint density at radius 2 is 1.51 bits per heavy atom. The third-order valence-electron chi connectivity index (χ3n) is 7.03. The number of carbonyl (C=O) groups is 2. The van der Waals surface area contributed by atoms with E-state index in [4.69, 9.17) is 5.73 Å². The van der Waals surface area contributed by atoms with E-state index >= 15 is 0 Å². The Kier molecular flexibility index (Phi) is 7.97. The lowest BCUT2D eigenvalue weighted by atomic mass is 9.95. The van der Waals surface area contributed by atoms with Crippen LogP contribution in [0.25, 0.3) is 11.6 Å². The Bertz CT molecular complexity index is 1490. The van der Waals surface area contributed by atoms with Gasteiger partial charge in [0.15, 0.2) is 11.6 Å². The predicted molar refractivity (Wildman–Crippen MR) is 156 cm³/mol. The topological polar surface area (TPSA) is 72.2 Å². The Labute approximate surface area is 228 Å². The standard InChI is InChI=1S/C34H31FN2O2/c35-29-15-9-23(10-16-29)19-31(34(39)20-24-5-6-24)26-13-17-30(18-14-26)37-22-25-7-11-27(12-8-25)33(38)21-28-3-1-2-4-32(28)36/h1-4,7-19,24,37H,5-6,20-22,36H2/b31-19+. The Morgan fingerprint density at radius 3 is 2.18 bits per heavy atom. The van der Waals surface area contributed by atoms with E-state index in [0.29, 0.717) is 35.7 Å². The highest BCUT2D eigenvalue weighted by Crippen LogP contribution is 2.35. The van der Waals surface area contributed by atoms with Crippen molar-refractivity contribution in [1.29, 1.82) is 0 Å². The lowest BCUT2D eigenvalue weighted by Crippen LogP contribution is -2.06. The summed E-state index contributed by atoms with van der Waals surface area (Å²) >= 11 is 0. The molecule has 0 atom stereocenters. The number of allylic oxidation sites excluding steroid dienone is 1. The van der Waals surface area contributed by atoms with Gasteiger partial charge in [-0.05, 0) is 77.4 Å². The molecule has 0 radical (unpaired) electrons. The number of hydrogen-bond acceptors (Lipinski definition) is 4. The molecule has 0 unspecified atom stereocenters. The number of benzene rings is 4. The van der Waals surface area contributed by atoms with Gasteiger partial charge in [-0.25, -0.2) is 4.39 Å². The SMILES string of the molecule is Nc1ccccc1CC(=O)c1ccc(CNc2ccc(/C(=C\c3ccc(F)cc3)C(=O)CC3CC3)cc2)cc1. The first-order valence-electron chi connectivity index (χ1n) is 13.2. The largest absolute Gasteiger partial charge is 0.398 e. The summed E-state index contributed by atoms with van der Waals surface area (Å²) in [6.07, 6.45) is 4.88. The molecule has 0 spiro atoms. The third kappa shape index (κ3) is 7.08. The first-order valence-corrected chi connectivity index (χ1v) is 13.2. The normalized spacial score (nSPS) is 13.2. The lowest BCUT2D eigenvalue weighted by molar-refractivity contribution is -0.114. The summed E-state index contributed by atoms with van der Waals surface area (Å²) in [7, 11) is 0. The van der Waals surface area contributed by atoms with Gasteiger partial charge in [0.05, 0.1) is 0 Å². The van der Waals surface area contributed by atoms with Crippen LogP contribution in [0.15, 0.2) is 97.1 Å². The molecule has 4 aromatic rings. The van der Waals surface area contributed by atoms with Gasteiger partial charge < -0.3 is 11.1 Å². The van der Waals surface area contributed by atoms with E-state index in [1.165, 1.54) is 12.1 Å². The fourth-order valence-corrected chi connectivity index (χ4v) is 4.50. The molecular formula is C34H31FN2O2. The molecule has 196 valence electrons. The first kappa shape index (κ1) is 26.1. The van der Waals surface area contributed by atoms with Gasteiger partial charge >= 0.3 is 0 Å². The molecule has 4 aromatic carbocycles. The van der Waals surface area contributed by atoms with Gasteiger partial charge in [-0.2, -0.15) is 0 Å². The fraction of sp³-hybridized carbons (Fsp3) is 0.176. The van der Waals surface area contributed by atoms with Crippen molar-refractivity contribution < 1.29 is 14.0 Å². The van der Waals surface area contributed by atoms with E-state index in [1.807, 2.05) is 72.8 Å². The minimum Gasteiger partial charge on any atom is -0.398 e. The van der Waals surface area contributed by atoms with Crippen molar-refractivity contribution in [3.63, 3.8) is 0 Å². The van der Waals surface area contributed by atoms with Crippen LogP contribution in [0, 0.1) is 11.7 Å². The number of carbonyl (C=O) groups excluding carboxylic acids is 2. The van der Waals surface area contributed by atoms with Gasteiger partial charge in [0.1, 0.15) is 5.82 Å². The third-order valence-corrected chi connectivity index (χ3v) is 7.03. The Morgan fingerprint density at radius 1 is 0.846 bits per heavy atom. The second-order valence-electron chi connectivity index (χ2n) is 10.1. The van der Waals surface area contributed by atoms with Gasteiger partial charge in [0.2, 0.25) is 0 Å². The van der Waals surface area contributed by atoms with Crippen molar-refractivity contribution in [1.82, 2.24) is 0 Å². The van der Waals surface area contributed by atoms with Crippen LogP contribution >= 0.6 is 0 Å². The maximum Gasteiger partial charge on any atom is 0.167 e. The highest BCUT2D eigenvalue weighted by Gasteiger charge is 2.26.